The summed E-state index contributed by atoms with van der Waals surface area (Å²) < 4.78 is 2.03. The maximum atomic E-state index is 11.9. The molecule has 0 fully saturated rings. The maximum absolute atomic E-state index is 11.9. The number of rotatable bonds is 7. The Kier molecular flexibility index (Phi) is 10.8. The molecule has 0 radical (unpaired) electrons. The lowest BCUT2D eigenvalue weighted by atomic mass is 10.1. The van der Waals surface area contributed by atoms with E-state index in [2.05, 4.69) is 46.0 Å². The number of halogens is 1. The molecule has 1 aromatic rings. The van der Waals surface area contributed by atoms with Crippen LogP contribution in [0.15, 0.2) is 11.1 Å². The molecule has 0 aromatic carbocycles. The van der Waals surface area contributed by atoms with Crippen molar-refractivity contribution in [3.05, 3.63) is 17.5 Å². The molecule has 0 aliphatic carbocycles. The van der Waals surface area contributed by atoms with E-state index >= 15 is 0 Å². The molecule has 1 aromatic heterocycles. The smallest absolute Gasteiger partial charge is 0.242 e. The Morgan fingerprint density at radius 3 is 2.46 bits per heavy atom. The van der Waals surface area contributed by atoms with Crippen LogP contribution < -0.4 is 16.0 Å². The van der Waals surface area contributed by atoms with Crippen LogP contribution in [0.1, 0.15) is 46.0 Å². The van der Waals surface area contributed by atoms with E-state index in [0.29, 0.717) is 11.9 Å². The van der Waals surface area contributed by atoms with Gasteiger partial charge in [0, 0.05) is 30.9 Å². The fraction of sp³-hybridized carbons (Fsp3) is 0.722. The van der Waals surface area contributed by atoms with Crippen LogP contribution in [-0.4, -0.2) is 46.8 Å². The van der Waals surface area contributed by atoms with E-state index in [9.17, 15) is 4.79 Å². The predicted octanol–water partition coefficient (Wildman–Crippen LogP) is 2.22. The molecule has 1 unspecified atom stereocenters. The number of guanidine groups is 1. The Hall–Kier alpha value is -1.32. The molecular formula is C18H35IN6O. The van der Waals surface area contributed by atoms with E-state index in [1.54, 1.807) is 0 Å². The zero-order chi connectivity index (χ0) is 19.0. The fourth-order valence-corrected chi connectivity index (χ4v) is 2.44. The third kappa shape index (κ3) is 9.98. The van der Waals surface area contributed by atoms with E-state index in [4.69, 9.17) is 0 Å². The molecule has 0 aliphatic heterocycles. The van der Waals surface area contributed by atoms with Crippen LogP contribution in [0.2, 0.25) is 0 Å². The Labute approximate surface area is 174 Å². The van der Waals surface area contributed by atoms with Gasteiger partial charge >= 0.3 is 0 Å². The standard InChI is InChI=1S/C18H34N6O.HI/c1-8-19-17(21-11-16(25)22-18(5,6)7)20-10-13(2)12-24-15(4)9-14(3)23-24;/h9,13H,8,10-12H2,1-7H3,(H,22,25)(H2,19,20,21);1H. The van der Waals surface area contributed by atoms with E-state index in [-0.39, 0.29) is 42.0 Å². The van der Waals surface area contributed by atoms with Crippen molar-refractivity contribution in [3.8, 4) is 0 Å². The van der Waals surface area contributed by atoms with E-state index in [0.717, 1.165) is 25.3 Å². The summed E-state index contributed by atoms with van der Waals surface area (Å²) in [6, 6.07) is 2.08. The zero-order valence-electron chi connectivity index (χ0n) is 17.1. The van der Waals surface area contributed by atoms with Crippen molar-refractivity contribution in [2.24, 2.45) is 10.9 Å². The quantitative estimate of drug-likeness (QED) is 0.319. The molecule has 0 aliphatic rings. The minimum atomic E-state index is -0.243. The van der Waals surface area contributed by atoms with Crippen molar-refractivity contribution >= 4 is 35.8 Å². The van der Waals surface area contributed by atoms with Gasteiger partial charge in [-0.05, 0) is 53.5 Å². The van der Waals surface area contributed by atoms with Crippen molar-refractivity contribution in [2.45, 2.75) is 60.5 Å². The molecule has 7 nitrogen and oxygen atoms in total. The van der Waals surface area contributed by atoms with Crippen LogP contribution >= 0.6 is 24.0 Å². The number of carbonyl (C=O) groups is 1. The van der Waals surface area contributed by atoms with Crippen molar-refractivity contribution in [3.63, 3.8) is 0 Å². The fourth-order valence-electron chi connectivity index (χ4n) is 2.44. The normalized spacial score (nSPS) is 13.0. The molecule has 150 valence electrons. The molecule has 1 heterocycles. The van der Waals surface area contributed by atoms with Gasteiger partial charge in [-0.2, -0.15) is 5.10 Å². The lowest BCUT2D eigenvalue weighted by Crippen LogP contribution is -2.44. The number of nitrogens with one attached hydrogen (secondary N) is 3. The van der Waals surface area contributed by atoms with Crippen molar-refractivity contribution in [2.75, 3.05) is 19.6 Å². The van der Waals surface area contributed by atoms with Crippen LogP contribution in [-0.2, 0) is 11.3 Å². The Bertz CT molecular complexity index is 591. The van der Waals surface area contributed by atoms with E-state index < -0.39 is 0 Å². The van der Waals surface area contributed by atoms with Crippen molar-refractivity contribution < 1.29 is 4.79 Å². The highest BCUT2D eigenvalue weighted by molar-refractivity contribution is 14.0. The summed E-state index contributed by atoms with van der Waals surface area (Å²) >= 11 is 0. The number of aryl methyl sites for hydroxylation is 2. The molecule has 1 amide bonds. The summed E-state index contributed by atoms with van der Waals surface area (Å²) in [5.74, 6) is 0.956. The number of aromatic nitrogens is 2. The molecule has 3 N–H and O–H groups in total. The van der Waals surface area contributed by atoms with E-state index in [1.165, 1.54) is 5.69 Å². The summed E-state index contributed by atoms with van der Waals surface area (Å²) in [6.07, 6.45) is 0. The van der Waals surface area contributed by atoms with E-state index in [1.807, 2.05) is 39.3 Å². The summed E-state index contributed by atoms with van der Waals surface area (Å²) in [6.45, 7) is 16.6. The van der Waals surface area contributed by atoms with Gasteiger partial charge in [0.25, 0.3) is 0 Å². The first-order valence-corrected chi connectivity index (χ1v) is 8.95. The highest BCUT2D eigenvalue weighted by atomic mass is 127. The molecule has 8 heteroatoms. The minimum absolute atomic E-state index is 0. The van der Waals surface area contributed by atoms with Crippen LogP contribution in [0.5, 0.6) is 0 Å². The van der Waals surface area contributed by atoms with Gasteiger partial charge in [-0.3, -0.25) is 9.48 Å². The van der Waals surface area contributed by atoms with Gasteiger partial charge < -0.3 is 16.0 Å². The topological polar surface area (TPSA) is 83.3 Å². The number of carbonyl (C=O) groups excluding carboxylic acids is 1. The molecular weight excluding hydrogens is 443 g/mol. The number of nitrogens with zero attached hydrogens (tertiary/aromatic N) is 3. The van der Waals surface area contributed by atoms with Gasteiger partial charge in [0.05, 0.1) is 5.69 Å². The second-order valence-corrected chi connectivity index (χ2v) is 7.59. The van der Waals surface area contributed by atoms with Crippen LogP contribution in [0.25, 0.3) is 0 Å². The molecule has 1 atom stereocenters. The maximum Gasteiger partial charge on any atom is 0.242 e. The Morgan fingerprint density at radius 2 is 1.96 bits per heavy atom. The van der Waals surface area contributed by atoms with Crippen LogP contribution in [0, 0.1) is 19.8 Å². The Balaban J connectivity index is 0.00000625. The number of aliphatic imine (C=N–C) groups is 1. The molecule has 0 saturated heterocycles. The van der Waals surface area contributed by atoms with Gasteiger partial charge in [0.15, 0.2) is 5.96 Å². The van der Waals surface area contributed by atoms with Gasteiger partial charge in [-0.15, -0.1) is 24.0 Å². The third-order valence-corrected chi connectivity index (χ3v) is 3.45. The van der Waals surface area contributed by atoms with Gasteiger partial charge in [-0.25, -0.2) is 4.99 Å². The van der Waals surface area contributed by atoms with Crippen LogP contribution in [0.4, 0.5) is 0 Å². The molecule has 26 heavy (non-hydrogen) atoms. The first-order valence-electron chi connectivity index (χ1n) is 8.95. The average Bonchev–Trinajstić information content (AvgIpc) is 2.78. The van der Waals surface area contributed by atoms with Crippen LogP contribution in [0.3, 0.4) is 0 Å². The van der Waals surface area contributed by atoms with Crippen molar-refractivity contribution in [1.82, 2.24) is 25.7 Å². The minimum Gasteiger partial charge on any atom is -0.357 e. The average molecular weight is 478 g/mol. The van der Waals surface area contributed by atoms with Gasteiger partial charge in [0.1, 0.15) is 6.54 Å². The van der Waals surface area contributed by atoms with Gasteiger partial charge in [-0.1, -0.05) is 6.92 Å². The largest absolute Gasteiger partial charge is 0.357 e. The number of amides is 1. The lowest BCUT2D eigenvalue weighted by Gasteiger charge is -2.20. The summed E-state index contributed by atoms with van der Waals surface area (Å²) in [4.78, 5) is 16.3. The highest BCUT2D eigenvalue weighted by Crippen LogP contribution is 2.05. The number of hydrogen-bond donors (Lipinski definition) is 3. The summed E-state index contributed by atoms with van der Waals surface area (Å²) in [5, 5.41) is 13.9. The monoisotopic (exact) mass is 478 g/mol. The SMILES string of the molecule is CCNC(=NCC(=O)NC(C)(C)C)NCC(C)Cn1nc(C)cc1C.I. The molecule has 0 bridgehead atoms. The second kappa shape index (κ2) is 11.4. The predicted molar refractivity (Wildman–Crippen MR) is 118 cm³/mol. The first-order chi connectivity index (χ1) is 11.6. The Morgan fingerprint density at radius 1 is 1.31 bits per heavy atom. The molecule has 1 rings (SSSR count). The summed E-state index contributed by atoms with van der Waals surface area (Å²) in [7, 11) is 0. The highest BCUT2D eigenvalue weighted by Gasteiger charge is 2.13. The van der Waals surface area contributed by atoms with Crippen molar-refractivity contribution in [1.29, 1.82) is 0 Å². The van der Waals surface area contributed by atoms with Gasteiger partial charge in [0.2, 0.25) is 5.91 Å². The lowest BCUT2D eigenvalue weighted by molar-refractivity contribution is -0.121. The third-order valence-electron chi connectivity index (χ3n) is 3.45. The first kappa shape index (κ1) is 24.7. The second-order valence-electron chi connectivity index (χ2n) is 7.59. The summed E-state index contributed by atoms with van der Waals surface area (Å²) in [5.41, 5.74) is 1.97. The number of hydrogen-bond acceptors (Lipinski definition) is 3. The zero-order valence-corrected chi connectivity index (χ0v) is 19.5. The molecule has 0 spiro atoms. The molecule has 0 saturated carbocycles.